The maximum absolute atomic E-state index is 11.9. The van der Waals surface area contributed by atoms with Gasteiger partial charge in [0, 0.05) is 0 Å². The summed E-state index contributed by atoms with van der Waals surface area (Å²) in [7, 11) is 0. The summed E-state index contributed by atoms with van der Waals surface area (Å²) in [4.78, 5) is 22.7. The summed E-state index contributed by atoms with van der Waals surface area (Å²) in [5.41, 5.74) is 1.10. The van der Waals surface area contributed by atoms with Crippen molar-refractivity contribution in [2.24, 2.45) is 0 Å². The number of carboxylic acid groups (broad SMARTS) is 1. The first kappa shape index (κ1) is 16.3. The monoisotopic (exact) mass is 307 g/mol. The molecule has 1 aliphatic heterocycles. The minimum absolute atomic E-state index is 0.192. The van der Waals surface area contributed by atoms with Gasteiger partial charge >= 0.3 is 5.97 Å². The highest BCUT2D eigenvalue weighted by Crippen LogP contribution is 2.20. The van der Waals surface area contributed by atoms with E-state index in [1.807, 2.05) is 38.1 Å². The number of carbonyl (C=O) groups is 2. The van der Waals surface area contributed by atoms with Crippen LogP contribution in [0.15, 0.2) is 24.3 Å². The van der Waals surface area contributed by atoms with Gasteiger partial charge in [-0.3, -0.25) is 4.79 Å². The molecule has 1 aromatic rings. The molecule has 1 heterocycles. The van der Waals surface area contributed by atoms with E-state index in [1.165, 1.54) is 0 Å². The van der Waals surface area contributed by atoms with Gasteiger partial charge in [-0.25, -0.2) is 4.79 Å². The minimum Gasteiger partial charge on any atom is -0.489 e. The molecule has 1 saturated heterocycles. The van der Waals surface area contributed by atoms with E-state index < -0.39 is 18.2 Å². The number of carbonyl (C=O) groups excluding carboxylic acids is 1. The van der Waals surface area contributed by atoms with Crippen LogP contribution in [0.2, 0.25) is 0 Å². The minimum atomic E-state index is -1.02. The fraction of sp³-hybridized carbons (Fsp3) is 0.500. The van der Waals surface area contributed by atoms with Gasteiger partial charge in [0.05, 0.1) is 6.54 Å². The molecule has 0 bridgehead atoms. The predicted molar refractivity (Wildman–Crippen MR) is 79.8 cm³/mol. The van der Waals surface area contributed by atoms with Crippen LogP contribution in [0.4, 0.5) is 0 Å². The SMILES string of the molecule is Cc1cccc(OC(C)CNC(=O)[C@@H]2CC[C@H](C(=O)O)O2)c1. The lowest BCUT2D eigenvalue weighted by Gasteiger charge is -2.17. The van der Waals surface area contributed by atoms with Crippen LogP contribution in [-0.2, 0) is 14.3 Å². The maximum atomic E-state index is 11.9. The summed E-state index contributed by atoms with van der Waals surface area (Å²) in [5.74, 6) is -0.556. The lowest BCUT2D eigenvalue weighted by Crippen LogP contribution is -2.40. The summed E-state index contributed by atoms with van der Waals surface area (Å²) < 4.78 is 10.9. The smallest absolute Gasteiger partial charge is 0.332 e. The van der Waals surface area contributed by atoms with Crippen LogP contribution in [0, 0.1) is 6.92 Å². The van der Waals surface area contributed by atoms with Crippen molar-refractivity contribution in [2.75, 3.05) is 6.54 Å². The molecule has 1 amide bonds. The fourth-order valence-electron chi connectivity index (χ4n) is 2.33. The van der Waals surface area contributed by atoms with Gasteiger partial charge in [0.1, 0.15) is 18.0 Å². The van der Waals surface area contributed by atoms with Gasteiger partial charge in [-0.15, -0.1) is 0 Å². The molecule has 22 heavy (non-hydrogen) atoms. The van der Waals surface area contributed by atoms with E-state index in [-0.39, 0.29) is 12.0 Å². The number of amides is 1. The molecule has 2 rings (SSSR count). The molecule has 6 nitrogen and oxygen atoms in total. The molecule has 2 N–H and O–H groups in total. The van der Waals surface area contributed by atoms with Crippen molar-refractivity contribution >= 4 is 11.9 Å². The van der Waals surface area contributed by atoms with Crippen molar-refractivity contribution in [1.82, 2.24) is 5.32 Å². The molecule has 0 radical (unpaired) electrons. The number of ether oxygens (including phenoxy) is 2. The van der Waals surface area contributed by atoms with E-state index in [4.69, 9.17) is 14.6 Å². The van der Waals surface area contributed by atoms with Crippen LogP contribution in [0.3, 0.4) is 0 Å². The lowest BCUT2D eigenvalue weighted by atomic mass is 10.2. The Bertz CT molecular complexity index is 545. The normalized spacial score (nSPS) is 22.1. The van der Waals surface area contributed by atoms with Crippen molar-refractivity contribution in [2.45, 2.75) is 45.0 Å². The van der Waals surface area contributed by atoms with Crippen LogP contribution in [-0.4, -0.2) is 41.8 Å². The molecule has 1 fully saturated rings. The van der Waals surface area contributed by atoms with Crippen molar-refractivity contribution in [3.8, 4) is 5.75 Å². The Morgan fingerprint density at radius 2 is 2.14 bits per heavy atom. The first-order valence-electron chi connectivity index (χ1n) is 7.35. The van der Waals surface area contributed by atoms with Crippen molar-refractivity contribution in [3.63, 3.8) is 0 Å². The Kier molecular flexibility index (Phi) is 5.38. The topological polar surface area (TPSA) is 84.9 Å². The third kappa shape index (κ3) is 4.46. The Balaban J connectivity index is 1.75. The fourth-order valence-corrected chi connectivity index (χ4v) is 2.33. The van der Waals surface area contributed by atoms with Crippen LogP contribution in [0.25, 0.3) is 0 Å². The highest BCUT2D eigenvalue weighted by molar-refractivity contribution is 5.82. The molecule has 120 valence electrons. The number of nitrogens with one attached hydrogen (secondary N) is 1. The van der Waals surface area contributed by atoms with E-state index in [1.54, 1.807) is 0 Å². The van der Waals surface area contributed by atoms with Gasteiger partial charge in [-0.1, -0.05) is 12.1 Å². The van der Waals surface area contributed by atoms with Crippen LogP contribution in [0.5, 0.6) is 5.75 Å². The Hall–Kier alpha value is -2.08. The number of carboxylic acids is 1. The van der Waals surface area contributed by atoms with Crippen LogP contribution >= 0.6 is 0 Å². The third-order valence-electron chi connectivity index (χ3n) is 3.48. The standard InChI is InChI=1S/C16H21NO5/c1-10-4-3-5-12(8-10)21-11(2)9-17-15(18)13-6-7-14(22-13)16(19)20/h3-5,8,11,13-14H,6-7,9H2,1-2H3,(H,17,18)(H,19,20)/t11?,13-,14+/m0/s1. The van der Waals surface area contributed by atoms with E-state index in [0.717, 1.165) is 11.3 Å². The number of aliphatic carboxylic acids is 1. The van der Waals surface area contributed by atoms with Gasteiger partial charge in [0.25, 0.3) is 0 Å². The van der Waals surface area contributed by atoms with E-state index >= 15 is 0 Å². The second-order valence-corrected chi connectivity index (χ2v) is 5.52. The molecule has 1 aromatic carbocycles. The van der Waals surface area contributed by atoms with Crippen molar-refractivity contribution < 1.29 is 24.2 Å². The molecule has 3 atom stereocenters. The second-order valence-electron chi connectivity index (χ2n) is 5.52. The second kappa shape index (κ2) is 7.26. The van der Waals surface area contributed by atoms with E-state index in [0.29, 0.717) is 19.4 Å². The van der Waals surface area contributed by atoms with Crippen molar-refractivity contribution in [3.05, 3.63) is 29.8 Å². The zero-order valence-electron chi connectivity index (χ0n) is 12.7. The molecule has 6 heteroatoms. The molecular formula is C16H21NO5. The summed E-state index contributed by atoms with van der Waals surface area (Å²) in [6.07, 6.45) is -0.968. The molecular weight excluding hydrogens is 286 g/mol. The van der Waals surface area contributed by atoms with Gasteiger partial charge in [0.15, 0.2) is 6.10 Å². The molecule has 0 aliphatic carbocycles. The van der Waals surface area contributed by atoms with E-state index in [2.05, 4.69) is 5.32 Å². The summed E-state index contributed by atoms with van der Waals surface area (Å²) >= 11 is 0. The van der Waals surface area contributed by atoms with Gasteiger partial charge < -0.3 is 19.9 Å². The van der Waals surface area contributed by atoms with Gasteiger partial charge in [0.2, 0.25) is 5.91 Å². The van der Waals surface area contributed by atoms with Crippen molar-refractivity contribution in [1.29, 1.82) is 0 Å². The Labute approximate surface area is 129 Å². The highest BCUT2D eigenvalue weighted by atomic mass is 16.5. The third-order valence-corrected chi connectivity index (χ3v) is 3.48. The largest absolute Gasteiger partial charge is 0.489 e. The first-order valence-corrected chi connectivity index (χ1v) is 7.35. The molecule has 1 aliphatic rings. The molecule has 0 spiro atoms. The molecule has 1 unspecified atom stereocenters. The average molecular weight is 307 g/mol. The predicted octanol–water partition coefficient (Wildman–Crippen LogP) is 1.51. The zero-order chi connectivity index (χ0) is 16.1. The maximum Gasteiger partial charge on any atom is 0.332 e. The quantitative estimate of drug-likeness (QED) is 0.832. The first-order chi connectivity index (χ1) is 10.5. The highest BCUT2D eigenvalue weighted by Gasteiger charge is 2.34. The number of aryl methyl sites for hydroxylation is 1. The Morgan fingerprint density at radius 1 is 1.41 bits per heavy atom. The number of rotatable bonds is 6. The van der Waals surface area contributed by atoms with E-state index in [9.17, 15) is 9.59 Å². The number of hydrogen-bond donors (Lipinski definition) is 2. The Morgan fingerprint density at radius 3 is 2.77 bits per heavy atom. The summed E-state index contributed by atoms with van der Waals surface area (Å²) in [6, 6.07) is 7.68. The number of hydrogen-bond acceptors (Lipinski definition) is 4. The van der Waals surface area contributed by atoms with Crippen LogP contribution < -0.4 is 10.1 Å². The summed E-state index contributed by atoms with van der Waals surface area (Å²) in [6.45, 7) is 4.18. The zero-order valence-corrected chi connectivity index (χ0v) is 12.7. The molecule has 0 aromatic heterocycles. The van der Waals surface area contributed by atoms with Crippen LogP contribution in [0.1, 0.15) is 25.3 Å². The van der Waals surface area contributed by atoms with Gasteiger partial charge in [-0.2, -0.15) is 0 Å². The lowest BCUT2D eigenvalue weighted by molar-refractivity contribution is -0.151. The molecule has 0 saturated carbocycles. The van der Waals surface area contributed by atoms with Gasteiger partial charge in [-0.05, 0) is 44.4 Å². The average Bonchev–Trinajstić information content (AvgIpc) is 2.95. The number of benzene rings is 1. The summed E-state index contributed by atoms with van der Waals surface area (Å²) in [5, 5.41) is 11.6.